The Morgan fingerprint density at radius 2 is 2.17 bits per heavy atom. The minimum absolute atomic E-state index is 0.408. The number of nitrogens with one attached hydrogen (secondary N) is 1. The van der Waals surface area contributed by atoms with Crippen molar-refractivity contribution in [2.75, 3.05) is 7.05 Å². The van der Waals surface area contributed by atoms with E-state index in [1.165, 1.54) is 0 Å². The van der Waals surface area contributed by atoms with Gasteiger partial charge in [-0.3, -0.25) is 0 Å². The van der Waals surface area contributed by atoms with Crippen LogP contribution in [0.4, 0.5) is 0 Å². The van der Waals surface area contributed by atoms with Crippen molar-refractivity contribution < 1.29 is 9.15 Å². The number of hydrogen-bond donors (Lipinski definition) is 1. The quantitative estimate of drug-likeness (QED) is 0.898. The second kappa shape index (κ2) is 5.94. The summed E-state index contributed by atoms with van der Waals surface area (Å²) in [6.45, 7) is 3.16. The van der Waals surface area contributed by atoms with E-state index in [9.17, 15) is 0 Å². The molecule has 1 N–H and O–H groups in total. The topological polar surface area (TPSA) is 34.4 Å². The van der Waals surface area contributed by atoms with E-state index in [0.29, 0.717) is 11.6 Å². The lowest BCUT2D eigenvalue weighted by molar-refractivity contribution is 0.265. The SMILES string of the molecule is CNCc1oc(COc2cccc(Cl)c2)cc1C. The smallest absolute Gasteiger partial charge is 0.146 e. The molecule has 0 bridgehead atoms. The van der Waals surface area contributed by atoms with Gasteiger partial charge in [0.1, 0.15) is 23.9 Å². The second-order valence-corrected chi connectivity index (χ2v) is 4.53. The molecule has 0 aliphatic carbocycles. The maximum Gasteiger partial charge on any atom is 0.146 e. The summed E-state index contributed by atoms with van der Waals surface area (Å²) in [5.41, 5.74) is 1.13. The van der Waals surface area contributed by atoms with Crippen molar-refractivity contribution in [3.63, 3.8) is 0 Å². The van der Waals surface area contributed by atoms with Gasteiger partial charge in [-0.25, -0.2) is 0 Å². The number of ether oxygens (including phenoxy) is 1. The molecule has 2 aromatic rings. The lowest BCUT2D eigenvalue weighted by Crippen LogP contribution is -2.04. The van der Waals surface area contributed by atoms with Gasteiger partial charge in [-0.2, -0.15) is 0 Å². The summed E-state index contributed by atoms with van der Waals surface area (Å²) < 4.78 is 11.3. The Bertz CT molecular complexity index is 522. The summed E-state index contributed by atoms with van der Waals surface area (Å²) in [6, 6.07) is 9.33. The van der Waals surface area contributed by atoms with Crippen LogP contribution in [0.25, 0.3) is 0 Å². The van der Waals surface area contributed by atoms with Crippen LogP contribution in [-0.2, 0) is 13.2 Å². The Labute approximate surface area is 112 Å². The fourth-order valence-electron chi connectivity index (χ4n) is 1.71. The van der Waals surface area contributed by atoms with Crippen molar-refractivity contribution >= 4 is 11.6 Å². The van der Waals surface area contributed by atoms with Crippen LogP contribution in [0.3, 0.4) is 0 Å². The number of hydrogen-bond acceptors (Lipinski definition) is 3. The molecule has 2 rings (SSSR count). The Morgan fingerprint density at radius 1 is 1.33 bits per heavy atom. The molecule has 0 spiro atoms. The largest absolute Gasteiger partial charge is 0.486 e. The summed E-state index contributed by atoms with van der Waals surface area (Å²) in [5, 5.41) is 3.73. The first-order valence-electron chi connectivity index (χ1n) is 5.80. The Hall–Kier alpha value is -1.45. The zero-order valence-corrected chi connectivity index (χ0v) is 11.3. The molecule has 0 saturated carbocycles. The predicted molar refractivity (Wildman–Crippen MR) is 72.0 cm³/mol. The normalized spacial score (nSPS) is 10.6. The number of rotatable bonds is 5. The number of benzene rings is 1. The van der Waals surface area contributed by atoms with Crippen molar-refractivity contribution in [3.8, 4) is 5.75 Å². The summed E-state index contributed by atoms with van der Waals surface area (Å²) >= 11 is 5.89. The standard InChI is InChI=1S/C14H16ClNO2/c1-10-6-13(18-14(10)8-16-2)9-17-12-5-3-4-11(15)7-12/h3-7,16H,8-9H2,1-2H3. The highest BCUT2D eigenvalue weighted by atomic mass is 35.5. The average molecular weight is 266 g/mol. The molecule has 3 nitrogen and oxygen atoms in total. The number of furan rings is 1. The highest BCUT2D eigenvalue weighted by molar-refractivity contribution is 6.30. The summed E-state index contributed by atoms with van der Waals surface area (Å²) in [7, 11) is 1.89. The monoisotopic (exact) mass is 265 g/mol. The van der Waals surface area contributed by atoms with Gasteiger partial charge >= 0.3 is 0 Å². The molecule has 0 fully saturated rings. The highest BCUT2D eigenvalue weighted by Crippen LogP contribution is 2.20. The first kappa shape index (κ1) is 13.0. The van der Waals surface area contributed by atoms with E-state index in [4.69, 9.17) is 20.8 Å². The Kier molecular flexibility index (Phi) is 4.28. The summed E-state index contributed by atoms with van der Waals surface area (Å²) in [5.74, 6) is 2.51. The summed E-state index contributed by atoms with van der Waals surface area (Å²) in [4.78, 5) is 0. The van der Waals surface area contributed by atoms with Gasteiger partial charge in [0.15, 0.2) is 0 Å². The first-order chi connectivity index (χ1) is 8.69. The van der Waals surface area contributed by atoms with Crippen LogP contribution in [0.15, 0.2) is 34.7 Å². The molecule has 0 atom stereocenters. The minimum Gasteiger partial charge on any atom is -0.486 e. The second-order valence-electron chi connectivity index (χ2n) is 4.10. The van der Waals surface area contributed by atoms with E-state index >= 15 is 0 Å². The van der Waals surface area contributed by atoms with E-state index < -0.39 is 0 Å². The zero-order chi connectivity index (χ0) is 13.0. The van der Waals surface area contributed by atoms with Crippen LogP contribution >= 0.6 is 11.6 Å². The van der Waals surface area contributed by atoms with Crippen LogP contribution in [0.1, 0.15) is 17.1 Å². The van der Waals surface area contributed by atoms with Gasteiger partial charge in [0.2, 0.25) is 0 Å². The molecular weight excluding hydrogens is 250 g/mol. The third kappa shape index (κ3) is 3.28. The molecule has 0 aliphatic rings. The molecule has 1 aromatic heterocycles. The van der Waals surface area contributed by atoms with Gasteiger partial charge in [-0.05, 0) is 43.8 Å². The summed E-state index contributed by atoms with van der Waals surface area (Å²) in [6.07, 6.45) is 0. The van der Waals surface area contributed by atoms with Crippen molar-refractivity contribution in [1.29, 1.82) is 0 Å². The first-order valence-corrected chi connectivity index (χ1v) is 6.18. The molecule has 4 heteroatoms. The lowest BCUT2D eigenvalue weighted by atomic mass is 10.2. The number of aryl methyl sites for hydroxylation is 1. The third-order valence-electron chi connectivity index (χ3n) is 2.59. The van der Waals surface area contributed by atoms with Gasteiger partial charge < -0.3 is 14.5 Å². The molecule has 0 amide bonds. The molecule has 0 unspecified atom stereocenters. The minimum atomic E-state index is 0.408. The van der Waals surface area contributed by atoms with Crippen LogP contribution in [-0.4, -0.2) is 7.05 Å². The molecule has 1 heterocycles. The van der Waals surface area contributed by atoms with Gasteiger partial charge in [-0.1, -0.05) is 17.7 Å². The van der Waals surface area contributed by atoms with E-state index in [-0.39, 0.29) is 0 Å². The molecule has 0 aliphatic heterocycles. The Balaban J connectivity index is 2.00. The van der Waals surface area contributed by atoms with E-state index in [1.54, 1.807) is 6.07 Å². The molecular formula is C14H16ClNO2. The van der Waals surface area contributed by atoms with Gasteiger partial charge in [0.25, 0.3) is 0 Å². The van der Waals surface area contributed by atoms with Crippen LogP contribution in [0, 0.1) is 6.92 Å². The number of halogens is 1. The van der Waals surface area contributed by atoms with E-state index in [2.05, 4.69) is 5.32 Å². The fourth-order valence-corrected chi connectivity index (χ4v) is 1.89. The maximum atomic E-state index is 5.89. The molecule has 18 heavy (non-hydrogen) atoms. The predicted octanol–water partition coefficient (Wildman–Crippen LogP) is 3.54. The van der Waals surface area contributed by atoms with E-state index in [0.717, 1.165) is 29.4 Å². The van der Waals surface area contributed by atoms with Crippen LogP contribution < -0.4 is 10.1 Å². The van der Waals surface area contributed by atoms with Crippen LogP contribution in [0.5, 0.6) is 5.75 Å². The highest BCUT2D eigenvalue weighted by Gasteiger charge is 2.07. The molecule has 96 valence electrons. The van der Waals surface area contributed by atoms with Gasteiger partial charge in [0, 0.05) is 5.02 Å². The zero-order valence-electron chi connectivity index (χ0n) is 10.5. The van der Waals surface area contributed by atoms with Gasteiger partial charge in [0.05, 0.1) is 6.54 Å². The van der Waals surface area contributed by atoms with Crippen molar-refractivity contribution in [1.82, 2.24) is 5.32 Å². The Morgan fingerprint density at radius 3 is 2.89 bits per heavy atom. The van der Waals surface area contributed by atoms with Crippen molar-refractivity contribution in [2.45, 2.75) is 20.1 Å². The van der Waals surface area contributed by atoms with Gasteiger partial charge in [-0.15, -0.1) is 0 Å². The molecule has 0 radical (unpaired) electrons. The molecule has 0 saturated heterocycles. The molecule has 1 aromatic carbocycles. The average Bonchev–Trinajstić information content (AvgIpc) is 2.69. The van der Waals surface area contributed by atoms with E-state index in [1.807, 2.05) is 38.2 Å². The third-order valence-corrected chi connectivity index (χ3v) is 2.82. The van der Waals surface area contributed by atoms with Crippen molar-refractivity contribution in [3.05, 3.63) is 52.4 Å². The van der Waals surface area contributed by atoms with Crippen LogP contribution in [0.2, 0.25) is 5.02 Å². The maximum absolute atomic E-state index is 5.89. The lowest BCUT2D eigenvalue weighted by Gasteiger charge is -2.04. The van der Waals surface area contributed by atoms with Crippen molar-refractivity contribution in [2.24, 2.45) is 0 Å². The fraction of sp³-hybridized carbons (Fsp3) is 0.286.